The van der Waals surface area contributed by atoms with Crippen LogP contribution in [0.2, 0.25) is 0 Å². The van der Waals surface area contributed by atoms with Gasteiger partial charge in [0.05, 0.1) is 10.5 Å². The number of carbonyl (C=O) groups excluding carboxylic acids is 2. The minimum atomic E-state index is -3.76. The fraction of sp³-hybridized carbons (Fsp3) is 0.333. The fourth-order valence-electron chi connectivity index (χ4n) is 3.50. The zero-order valence-electron chi connectivity index (χ0n) is 16.6. The Hall–Kier alpha value is -2.78. The smallest absolute Gasteiger partial charge is 0.267 e. The number of sulfonamides is 1. The molecule has 1 aliphatic carbocycles. The Morgan fingerprint density at radius 3 is 2.33 bits per heavy atom. The molecule has 0 saturated heterocycles. The van der Waals surface area contributed by atoms with Crippen molar-refractivity contribution in [2.75, 3.05) is 7.05 Å². The average molecular weight is 434 g/mol. The fourth-order valence-corrected chi connectivity index (χ4v) is 4.97. The Bertz CT molecular complexity index is 1040. The van der Waals surface area contributed by atoms with E-state index in [9.17, 15) is 22.4 Å². The molecule has 2 amide bonds. The number of carbonyl (C=O) groups is 2. The van der Waals surface area contributed by atoms with Crippen LogP contribution in [0, 0.1) is 5.82 Å². The maximum absolute atomic E-state index is 13.7. The summed E-state index contributed by atoms with van der Waals surface area (Å²) in [6, 6.07) is 10.9. The van der Waals surface area contributed by atoms with Crippen molar-refractivity contribution < 1.29 is 22.4 Å². The van der Waals surface area contributed by atoms with Crippen LogP contribution in [0.25, 0.3) is 0 Å². The van der Waals surface area contributed by atoms with Gasteiger partial charge in [-0.25, -0.2) is 12.8 Å². The topological polar surface area (TPSA) is 95.6 Å². The first-order valence-electron chi connectivity index (χ1n) is 9.74. The molecule has 3 rings (SSSR count). The molecule has 0 radical (unpaired) electrons. The molecule has 9 heteroatoms. The number of rotatable bonds is 5. The Balaban J connectivity index is 1.70. The number of hydrazine groups is 1. The minimum Gasteiger partial charge on any atom is -0.267 e. The van der Waals surface area contributed by atoms with E-state index in [1.807, 2.05) is 0 Å². The van der Waals surface area contributed by atoms with Gasteiger partial charge in [0.15, 0.2) is 0 Å². The summed E-state index contributed by atoms with van der Waals surface area (Å²) >= 11 is 0. The monoisotopic (exact) mass is 433 g/mol. The molecule has 2 aromatic rings. The predicted octanol–water partition coefficient (Wildman–Crippen LogP) is 2.85. The molecule has 0 unspecified atom stereocenters. The van der Waals surface area contributed by atoms with Gasteiger partial charge >= 0.3 is 0 Å². The number of amides is 2. The number of halogens is 1. The number of nitrogens with one attached hydrogen (secondary N) is 2. The van der Waals surface area contributed by atoms with Gasteiger partial charge in [0.25, 0.3) is 11.8 Å². The van der Waals surface area contributed by atoms with Gasteiger partial charge < -0.3 is 0 Å². The molecule has 0 atom stereocenters. The van der Waals surface area contributed by atoms with E-state index in [2.05, 4.69) is 10.9 Å². The Labute approximate surface area is 175 Å². The van der Waals surface area contributed by atoms with Crippen molar-refractivity contribution >= 4 is 21.8 Å². The second-order valence-corrected chi connectivity index (χ2v) is 9.23. The largest absolute Gasteiger partial charge is 0.272 e. The van der Waals surface area contributed by atoms with Crippen LogP contribution < -0.4 is 10.9 Å². The molecule has 30 heavy (non-hydrogen) atoms. The highest BCUT2D eigenvalue weighted by molar-refractivity contribution is 7.89. The second kappa shape index (κ2) is 9.36. The minimum absolute atomic E-state index is 0.00338. The van der Waals surface area contributed by atoms with Crippen molar-refractivity contribution in [2.45, 2.75) is 43.0 Å². The van der Waals surface area contributed by atoms with Crippen molar-refractivity contribution in [3.05, 3.63) is 65.5 Å². The lowest BCUT2D eigenvalue weighted by molar-refractivity contribution is 0.0844. The van der Waals surface area contributed by atoms with E-state index in [-0.39, 0.29) is 22.1 Å². The van der Waals surface area contributed by atoms with E-state index in [0.717, 1.165) is 38.2 Å². The third-order valence-corrected chi connectivity index (χ3v) is 7.18. The molecular formula is C21H24FN3O4S. The second-order valence-electron chi connectivity index (χ2n) is 7.23. The summed E-state index contributed by atoms with van der Waals surface area (Å²) in [5, 5.41) is 0. The summed E-state index contributed by atoms with van der Waals surface area (Å²) in [6.45, 7) is 0. The Morgan fingerprint density at radius 1 is 0.967 bits per heavy atom. The molecule has 0 heterocycles. The first kappa shape index (κ1) is 21.9. The van der Waals surface area contributed by atoms with E-state index < -0.39 is 27.7 Å². The molecule has 2 N–H and O–H groups in total. The highest BCUT2D eigenvalue weighted by Crippen LogP contribution is 2.26. The summed E-state index contributed by atoms with van der Waals surface area (Å²) in [7, 11) is -2.20. The van der Waals surface area contributed by atoms with Crippen LogP contribution >= 0.6 is 0 Å². The van der Waals surface area contributed by atoms with Crippen molar-refractivity contribution in [3.8, 4) is 0 Å². The molecular weight excluding hydrogens is 409 g/mol. The zero-order valence-corrected chi connectivity index (χ0v) is 17.4. The first-order valence-corrected chi connectivity index (χ1v) is 11.2. The van der Waals surface area contributed by atoms with Crippen LogP contribution in [0.1, 0.15) is 52.8 Å². The van der Waals surface area contributed by atoms with Crippen molar-refractivity contribution in [1.29, 1.82) is 0 Å². The number of hydrogen-bond acceptors (Lipinski definition) is 4. The lowest BCUT2D eigenvalue weighted by Crippen LogP contribution is -2.42. The van der Waals surface area contributed by atoms with Crippen LogP contribution in [0.3, 0.4) is 0 Å². The Morgan fingerprint density at radius 2 is 1.63 bits per heavy atom. The number of benzene rings is 2. The highest BCUT2D eigenvalue weighted by Gasteiger charge is 2.29. The molecule has 7 nitrogen and oxygen atoms in total. The van der Waals surface area contributed by atoms with Gasteiger partial charge in [-0.3, -0.25) is 20.4 Å². The quantitative estimate of drug-likeness (QED) is 0.709. The van der Waals surface area contributed by atoms with Crippen LogP contribution in [0.4, 0.5) is 4.39 Å². The summed E-state index contributed by atoms with van der Waals surface area (Å²) in [4.78, 5) is 24.4. The van der Waals surface area contributed by atoms with E-state index in [0.29, 0.717) is 0 Å². The molecule has 0 aromatic heterocycles. The molecule has 2 aromatic carbocycles. The SMILES string of the molecule is CN(C1CCCCC1)S(=O)(=O)c1cccc(C(=O)NNC(=O)c2ccccc2F)c1. The number of hydrogen-bond donors (Lipinski definition) is 2. The maximum atomic E-state index is 13.7. The molecule has 0 spiro atoms. The predicted molar refractivity (Wildman–Crippen MR) is 110 cm³/mol. The lowest BCUT2D eigenvalue weighted by Gasteiger charge is -2.30. The van der Waals surface area contributed by atoms with Gasteiger partial charge in [-0.05, 0) is 43.2 Å². The van der Waals surface area contributed by atoms with E-state index in [1.165, 1.54) is 46.8 Å². The standard InChI is InChI=1S/C21H24FN3O4S/c1-25(16-9-3-2-4-10-16)30(28,29)17-11-7-8-15(14-17)20(26)23-24-21(27)18-12-5-6-13-19(18)22/h5-8,11-14,16H,2-4,9-10H2,1H3,(H,23,26)(H,24,27). The number of nitrogens with zero attached hydrogens (tertiary/aromatic N) is 1. The van der Waals surface area contributed by atoms with Crippen LogP contribution in [-0.4, -0.2) is 37.6 Å². The highest BCUT2D eigenvalue weighted by atomic mass is 32.2. The lowest BCUT2D eigenvalue weighted by atomic mass is 9.96. The Kier molecular flexibility index (Phi) is 6.84. The molecule has 160 valence electrons. The van der Waals surface area contributed by atoms with E-state index in [1.54, 1.807) is 7.05 Å². The van der Waals surface area contributed by atoms with E-state index in [4.69, 9.17) is 0 Å². The third-order valence-electron chi connectivity index (χ3n) is 5.27. The normalized spacial score (nSPS) is 15.0. The van der Waals surface area contributed by atoms with Crippen LogP contribution in [0.15, 0.2) is 53.4 Å². The van der Waals surface area contributed by atoms with Crippen molar-refractivity contribution in [1.82, 2.24) is 15.2 Å². The average Bonchev–Trinajstić information content (AvgIpc) is 2.77. The van der Waals surface area contributed by atoms with Gasteiger partial charge in [0, 0.05) is 18.7 Å². The van der Waals surface area contributed by atoms with Gasteiger partial charge in [-0.2, -0.15) is 4.31 Å². The summed E-state index contributed by atoms with van der Waals surface area (Å²) in [5.41, 5.74) is 4.15. The molecule has 1 fully saturated rings. The van der Waals surface area contributed by atoms with Crippen LogP contribution in [-0.2, 0) is 10.0 Å². The maximum Gasteiger partial charge on any atom is 0.272 e. The van der Waals surface area contributed by atoms with Gasteiger partial charge in [0.1, 0.15) is 5.82 Å². The molecule has 1 aliphatic rings. The summed E-state index contributed by atoms with van der Waals surface area (Å²) in [6.07, 6.45) is 4.73. The van der Waals surface area contributed by atoms with Gasteiger partial charge in [0.2, 0.25) is 10.0 Å². The summed E-state index contributed by atoms with van der Waals surface area (Å²) in [5.74, 6) is -2.25. The summed E-state index contributed by atoms with van der Waals surface area (Å²) < 4.78 is 41.0. The first-order chi connectivity index (χ1) is 14.3. The van der Waals surface area contributed by atoms with E-state index >= 15 is 0 Å². The molecule has 0 aliphatic heterocycles. The van der Waals surface area contributed by atoms with Gasteiger partial charge in [-0.15, -0.1) is 0 Å². The zero-order chi connectivity index (χ0) is 21.7. The third kappa shape index (κ3) is 4.85. The van der Waals surface area contributed by atoms with Crippen LogP contribution in [0.5, 0.6) is 0 Å². The van der Waals surface area contributed by atoms with Crippen molar-refractivity contribution in [3.63, 3.8) is 0 Å². The van der Waals surface area contributed by atoms with Crippen molar-refractivity contribution in [2.24, 2.45) is 0 Å². The molecule has 1 saturated carbocycles. The van der Waals surface area contributed by atoms with Gasteiger partial charge in [-0.1, -0.05) is 37.5 Å². The molecule has 0 bridgehead atoms.